The van der Waals surface area contributed by atoms with Gasteiger partial charge in [0.25, 0.3) is 0 Å². The molecular weight excluding hydrogens is 1180 g/mol. The van der Waals surface area contributed by atoms with Gasteiger partial charge in [-0.2, -0.15) is 26.3 Å². The molecular formula is C74H62BBrN5O8-. The number of rotatable bonds is 14. The number of nitrogens with zero attached hydrogens (tertiary/aromatic N) is 5. The number of nitriles is 5. The maximum atomic E-state index is 9.88. The van der Waals surface area contributed by atoms with Gasteiger partial charge in [0.15, 0.2) is 0 Å². The molecule has 15 heteroatoms. The largest absolute Gasteiger partial charge is 0.870 e. The Labute approximate surface area is 529 Å². The highest BCUT2D eigenvalue weighted by atomic mass is 79.9. The molecule has 442 valence electrons. The van der Waals surface area contributed by atoms with Gasteiger partial charge in [-0.05, 0) is 157 Å². The zero-order valence-electron chi connectivity index (χ0n) is 49.6. The number of halogens is 1. The minimum Gasteiger partial charge on any atom is -0.870 e. The van der Waals surface area contributed by atoms with Crippen LogP contribution in [0.5, 0.6) is 28.7 Å². The van der Waals surface area contributed by atoms with Gasteiger partial charge in [-0.1, -0.05) is 174 Å². The summed E-state index contributed by atoms with van der Waals surface area (Å²) in [5.74, 6) is 4.01. The summed E-state index contributed by atoms with van der Waals surface area (Å²) in [6.45, 7) is 0. The SMILES string of the molecule is COc1ccc(-c2ccc(/C(C#N)=C(\C#N)c3ccc(-c4ccc(OC)cc4)cc3)cc2)cc1.COc1ccc(-c2ccc(CC#N)cc2)cc1.COc1ccc(-c2ccc(CC#N)cc2)cc1.COc1ccc(B(O)O)cc1.N#Cc1ccc(Br)cc1.[OH-]. The topological polar surface area (TPSA) is 236 Å². The molecule has 0 unspecified atom stereocenters. The standard InChI is InChI=1S/C30H22N2O2.2C15H13NO.C7H9BO3.C7H4BrN.H2O/c1-33-27-15-11-23(12-16-27)21-3-7-25(8-4-21)29(19-31)30(20-32)26-9-5-22(6-10-26)24-13-17-28(34-2)18-14-24;2*1-17-15-8-6-14(7-9-15)13-4-2-12(3-5-13)10-11-16;1-11-7-4-2-6(3-5-7)8(9)10;8-7-3-1-6(5-9)2-4-7;/h3-18H,1-2H3;2*2-9H,10H2,1H3;2-5,9-10H,1H3;1-4H;1H2/p-1/b30-29+;;;;;. The lowest BCUT2D eigenvalue weighted by molar-refractivity contribution is 0.414. The molecule has 3 N–H and O–H groups in total. The summed E-state index contributed by atoms with van der Waals surface area (Å²) in [4.78, 5) is 0. The van der Waals surface area contributed by atoms with Gasteiger partial charge in [0.1, 0.15) is 40.9 Å². The van der Waals surface area contributed by atoms with E-state index in [0.717, 1.165) is 83.1 Å². The molecule has 0 aliphatic heterocycles. The summed E-state index contributed by atoms with van der Waals surface area (Å²) in [6.07, 6.45) is 0.922. The van der Waals surface area contributed by atoms with Crippen LogP contribution >= 0.6 is 15.9 Å². The quantitative estimate of drug-likeness (QED) is 0.0586. The number of hydrogen-bond donors (Lipinski definition) is 2. The Morgan fingerprint density at radius 2 is 0.584 bits per heavy atom. The number of allylic oxidation sites excluding steroid dienone is 2. The molecule has 0 spiro atoms. The third kappa shape index (κ3) is 21.1. The summed E-state index contributed by atoms with van der Waals surface area (Å²) < 4.78 is 26.6. The summed E-state index contributed by atoms with van der Waals surface area (Å²) in [7, 11) is 6.75. The molecule has 0 amide bonds. The van der Waals surface area contributed by atoms with E-state index in [1.54, 1.807) is 71.9 Å². The molecule has 0 aromatic heterocycles. The summed E-state index contributed by atoms with van der Waals surface area (Å²) in [5.41, 5.74) is 14.1. The van der Waals surface area contributed by atoms with Gasteiger partial charge < -0.3 is 39.2 Å². The molecule has 0 saturated heterocycles. The van der Waals surface area contributed by atoms with Gasteiger partial charge in [-0.15, -0.1) is 0 Å². The third-order valence-corrected chi connectivity index (χ3v) is 13.9. The van der Waals surface area contributed by atoms with E-state index in [1.165, 1.54) is 0 Å². The van der Waals surface area contributed by atoms with Gasteiger partial charge in [-0.3, -0.25) is 0 Å². The van der Waals surface area contributed by atoms with Crippen molar-refractivity contribution in [2.75, 3.05) is 35.5 Å². The monoisotopic (exact) mass is 1240 g/mol. The number of benzene rings is 10. The molecule has 0 atom stereocenters. The maximum Gasteiger partial charge on any atom is 0.488 e. The maximum absolute atomic E-state index is 9.88. The molecule has 10 aromatic carbocycles. The average molecular weight is 1240 g/mol. The number of ether oxygens (including phenoxy) is 5. The Bertz CT molecular complexity index is 3810. The van der Waals surface area contributed by atoms with E-state index in [0.29, 0.717) is 51.9 Å². The Morgan fingerprint density at radius 1 is 0.348 bits per heavy atom. The fourth-order valence-electron chi connectivity index (χ4n) is 8.44. The smallest absolute Gasteiger partial charge is 0.488 e. The first-order valence-corrected chi connectivity index (χ1v) is 28.1. The van der Waals surface area contributed by atoms with Crippen LogP contribution in [0.4, 0.5) is 0 Å². The first-order valence-electron chi connectivity index (χ1n) is 27.3. The summed E-state index contributed by atoms with van der Waals surface area (Å²) in [6, 6.07) is 87.4. The van der Waals surface area contributed by atoms with Crippen molar-refractivity contribution in [2.45, 2.75) is 12.8 Å². The Morgan fingerprint density at radius 3 is 0.798 bits per heavy atom. The minimum absolute atomic E-state index is 0. The van der Waals surface area contributed by atoms with E-state index in [-0.39, 0.29) is 5.48 Å². The van der Waals surface area contributed by atoms with Crippen molar-refractivity contribution in [2.24, 2.45) is 0 Å². The predicted molar refractivity (Wildman–Crippen MR) is 354 cm³/mol. The Kier molecular flexibility index (Phi) is 28.2. The molecule has 0 aliphatic rings. The molecule has 0 fully saturated rings. The average Bonchev–Trinajstić information content (AvgIpc) is 3.47. The Hall–Kier alpha value is -11.2. The molecule has 0 saturated carbocycles. The third-order valence-electron chi connectivity index (χ3n) is 13.4. The minimum atomic E-state index is -1.40. The van der Waals surface area contributed by atoms with Crippen LogP contribution in [-0.2, 0) is 12.8 Å². The van der Waals surface area contributed by atoms with Gasteiger partial charge >= 0.3 is 7.12 Å². The lowest BCUT2D eigenvalue weighted by atomic mass is 9.80. The van der Waals surface area contributed by atoms with Crippen LogP contribution in [0.25, 0.3) is 55.7 Å². The summed E-state index contributed by atoms with van der Waals surface area (Å²) in [5, 5.41) is 62.7. The normalized spacial score (nSPS) is 9.92. The fourth-order valence-corrected chi connectivity index (χ4v) is 8.70. The van der Waals surface area contributed by atoms with Crippen LogP contribution < -0.4 is 29.1 Å². The molecule has 10 rings (SSSR count). The first kappa shape index (κ1) is 68.6. The predicted octanol–water partition coefficient (Wildman–Crippen LogP) is 15.4. The van der Waals surface area contributed by atoms with Gasteiger partial charge in [0.2, 0.25) is 0 Å². The van der Waals surface area contributed by atoms with E-state index in [1.807, 2.05) is 212 Å². The van der Waals surface area contributed by atoms with Crippen molar-refractivity contribution < 1.29 is 39.2 Å². The second kappa shape index (κ2) is 36.6. The van der Waals surface area contributed by atoms with E-state index in [2.05, 4.69) is 40.2 Å². The molecule has 0 heterocycles. The number of hydrogen-bond acceptors (Lipinski definition) is 13. The zero-order chi connectivity index (χ0) is 63.0. The summed E-state index contributed by atoms with van der Waals surface area (Å²) >= 11 is 3.27. The molecule has 0 aliphatic carbocycles. The van der Waals surface area contributed by atoms with E-state index in [4.69, 9.17) is 49.5 Å². The van der Waals surface area contributed by atoms with E-state index >= 15 is 0 Å². The number of methoxy groups -OCH3 is 5. The highest BCUT2D eigenvalue weighted by Crippen LogP contribution is 2.31. The van der Waals surface area contributed by atoms with Crippen LogP contribution in [0.1, 0.15) is 27.8 Å². The molecule has 89 heavy (non-hydrogen) atoms. The van der Waals surface area contributed by atoms with Crippen LogP contribution in [0, 0.1) is 56.7 Å². The van der Waals surface area contributed by atoms with Crippen molar-refractivity contribution in [3.63, 3.8) is 0 Å². The van der Waals surface area contributed by atoms with Crippen LogP contribution in [-0.4, -0.2) is 58.2 Å². The van der Waals surface area contributed by atoms with Crippen molar-refractivity contribution in [3.8, 4) is 104 Å². The van der Waals surface area contributed by atoms with E-state index < -0.39 is 7.12 Å². The molecule has 13 nitrogen and oxygen atoms in total. The van der Waals surface area contributed by atoms with Crippen molar-refractivity contribution in [3.05, 3.63) is 275 Å². The lowest BCUT2D eigenvalue weighted by Crippen LogP contribution is -2.29. The van der Waals surface area contributed by atoms with Gasteiger partial charge in [0.05, 0.1) is 83.3 Å². The van der Waals surface area contributed by atoms with Crippen LogP contribution in [0.15, 0.2) is 247 Å². The molecule has 10 aromatic rings. The van der Waals surface area contributed by atoms with Crippen LogP contribution in [0.2, 0.25) is 0 Å². The zero-order valence-corrected chi connectivity index (χ0v) is 51.2. The second-order valence-corrected chi connectivity index (χ2v) is 19.8. The molecule has 0 radical (unpaired) electrons. The van der Waals surface area contributed by atoms with Crippen molar-refractivity contribution in [1.29, 1.82) is 26.3 Å². The Balaban J connectivity index is 0.000000221. The van der Waals surface area contributed by atoms with Gasteiger partial charge in [0, 0.05) is 4.47 Å². The van der Waals surface area contributed by atoms with Crippen LogP contribution in [0.3, 0.4) is 0 Å². The first-order chi connectivity index (χ1) is 42.9. The highest BCUT2D eigenvalue weighted by Gasteiger charge is 2.13. The van der Waals surface area contributed by atoms with E-state index in [9.17, 15) is 10.5 Å². The lowest BCUT2D eigenvalue weighted by Gasteiger charge is -2.08. The van der Waals surface area contributed by atoms with Gasteiger partial charge in [-0.25, -0.2) is 0 Å². The van der Waals surface area contributed by atoms with Crippen molar-refractivity contribution in [1.82, 2.24) is 0 Å². The van der Waals surface area contributed by atoms with Crippen molar-refractivity contribution >= 4 is 39.7 Å². The second-order valence-electron chi connectivity index (χ2n) is 18.9. The fraction of sp³-hybridized carbons (Fsp3) is 0.0946. The highest BCUT2D eigenvalue weighted by molar-refractivity contribution is 9.10. The molecule has 0 bridgehead atoms.